The summed E-state index contributed by atoms with van der Waals surface area (Å²) in [5, 5.41) is 31.7. The topological polar surface area (TPSA) is 231 Å². The van der Waals surface area contributed by atoms with Gasteiger partial charge in [0.15, 0.2) is 17.7 Å². The van der Waals surface area contributed by atoms with Crippen LogP contribution >= 0.6 is 0 Å². The van der Waals surface area contributed by atoms with Gasteiger partial charge in [0.05, 0.1) is 41.2 Å². The second-order valence-electron chi connectivity index (χ2n) is 19.0. The fourth-order valence-corrected chi connectivity index (χ4v) is 10.2. The van der Waals surface area contributed by atoms with E-state index in [-0.39, 0.29) is 30.7 Å². The smallest absolute Gasteiger partial charge is 0.410 e. The van der Waals surface area contributed by atoms with Crippen molar-refractivity contribution in [1.29, 1.82) is 0 Å². The molecule has 6 rings (SSSR count). The lowest BCUT2D eigenvalue weighted by Gasteiger charge is -2.48. The highest BCUT2D eigenvalue weighted by atomic mass is 16.7. The molecule has 14 atom stereocenters. The monoisotopic (exact) mass is 948 g/mol. The first-order chi connectivity index (χ1) is 32.3. The molecule has 68 heavy (non-hydrogen) atoms. The number of unbranched alkanes of at least 4 members (excludes halogenated alkanes) is 1. The van der Waals surface area contributed by atoms with Crippen molar-refractivity contribution in [2.45, 2.75) is 141 Å². The molecule has 0 spiro atoms. The lowest BCUT2D eigenvalue weighted by atomic mass is 9.73. The number of carbonyl (C=O) groups is 5. The number of likely N-dealkylation sites (N-methyl/N-ethyl adjacent to an activating group) is 1. The first kappa shape index (κ1) is 52.2. The highest BCUT2D eigenvalue weighted by Crippen LogP contribution is 2.43. The van der Waals surface area contributed by atoms with Crippen molar-refractivity contribution < 1.29 is 62.6 Å². The number of fused-ring (bicyclic) bond motifs is 1. The third kappa shape index (κ3) is 11.0. The molecule has 19 heteroatoms. The maximum Gasteiger partial charge on any atom is 0.410 e. The van der Waals surface area contributed by atoms with Crippen LogP contribution in [0.15, 0.2) is 60.9 Å². The first-order valence-corrected chi connectivity index (χ1v) is 23.5. The molecule has 0 aliphatic carbocycles. The molecule has 1 aromatic carbocycles. The van der Waals surface area contributed by atoms with Gasteiger partial charge in [-0.05, 0) is 84.8 Å². The molecule has 0 saturated carbocycles. The largest absolute Gasteiger partial charge is 0.459 e. The summed E-state index contributed by atoms with van der Waals surface area (Å²) in [4.78, 5) is 78.0. The Bertz CT molecular complexity index is 2210. The molecule has 3 aromatic rings. The number of hydrogen-bond acceptors (Lipinski definition) is 17. The zero-order chi connectivity index (χ0) is 49.7. The van der Waals surface area contributed by atoms with Crippen LogP contribution in [0.3, 0.4) is 0 Å². The average Bonchev–Trinajstić information content (AvgIpc) is 3.91. The number of esters is 2. The SMILES string of the molecule is CCC1OC(=O)[C@H](C)C(=O)[C@H](C)[C@@H](O[C@@H]2O[C@H](COC(=O)c3ccccc3)[C@@H](O)[C@H](N(C)C)[C@H]2O)[C@](C)(OC)C[C@@H](C)C(=O)[C@H](C)[C@H]2N(CCCCn3cc(-c4ccccn4)nn3)C(=O)O[C@]12C. The summed E-state index contributed by atoms with van der Waals surface area (Å²) in [5.41, 5.74) is -1.34. The zero-order valence-electron chi connectivity index (χ0n) is 40.7. The molecule has 2 N–H and O–H groups in total. The maximum atomic E-state index is 14.9. The highest BCUT2D eigenvalue weighted by Gasteiger charge is 2.60. The van der Waals surface area contributed by atoms with Gasteiger partial charge in [0.2, 0.25) is 0 Å². The van der Waals surface area contributed by atoms with E-state index in [0.717, 1.165) is 0 Å². The predicted molar refractivity (Wildman–Crippen MR) is 244 cm³/mol. The molecule has 0 radical (unpaired) electrons. The Hall–Kier alpha value is -5.18. The standard InChI is InChI=1S/C49H68N6O13/c1-11-36-49(7)42(55(47(62)68-49)24-18-17-23-54-26-34(51-52-54)33-21-15-16-22-50-33)29(3)38(56)28(2)25-48(6,63-10)43(30(4)39(57)31(5)44(60)66-36)67-46-41(59)37(53(8)9)40(58)35(65-46)27-64-45(61)32-19-13-12-14-20-32/h12-16,19-22,26,28-31,35-37,40-43,46,58-59H,11,17-18,23-25,27H2,1-10H3/t28-,29+,30+,31-,35-,36?,37+,40-,41-,42-,43-,46+,48-,49-/m1/s1. The van der Waals surface area contributed by atoms with Crippen molar-refractivity contribution >= 4 is 29.6 Å². The summed E-state index contributed by atoms with van der Waals surface area (Å²) in [5.74, 6) is -6.46. The summed E-state index contributed by atoms with van der Waals surface area (Å²) in [6, 6.07) is 12.0. The number of aliphatic hydroxyl groups excluding tert-OH is 2. The zero-order valence-corrected chi connectivity index (χ0v) is 40.7. The number of pyridine rings is 1. The van der Waals surface area contributed by atoms with Gasteiger partial charge < -0.3 is 48.4 Å². The Kier molecular flexibility index (Phi) is 16.9. The van der Waals surface area contributed by atoms with E-state index in [0.29, 0.717) is 30.8 Å². The maximum absolute atomic E-state index is 14.9. The summed E-state index contributed by atoms with van der Waals surface area (Å²) >= 11 is 0. The number of aliphatic hydroxyl groups is 2. The van der Waals surface area contributed by atoms with E-state index in [4.69, 9.17) is 28.4 Å². The third-order valence-corrected chi connectivity index (χ3v) is 14.0. The fourth-order valence-electron chi connectivity index (χ4n) is 10.2. The molecule has 2 aromatic heterocycles. The molecule has 1 unspecified atom stereocenters. The van der Waals surface area contributed by atoms with Crippen molar-refractivity contribution in [3.63, 3.8) is 0 Å². The van der Waals surface area contributed by atoms with Crippen molar-refractivity contribution in [3.05, 3.63) is 66.5 Å². The molecular weight excluding hydrogens is 881 g/mol. The lowest BCUT2D eigenvalue weighted by molar-refractivity contribution is -0.319. The Balaban J connectivity index is 1.27. The lowest BCUT2D eigenvalue weighted by Crippen LogP contribution is -2.65. The number of Topliss-reactive ketones (excluding diaryl/α,β-unsaturated/α-hetero) is 2. The number of carbonyl (C=O) groups excluding carboxylic acids is 5. The van der Waals surface area contributed by atoms with Gasteiger partial charge >= 0.3 is 18.0 Å². The van der Waals surface area contributed by atoms with Crippen LogP contribution in [0.4, 0.5) is 4.79 Å². The van der Waals surface area contributed by atoms with E-state index in [2.05, 4.69) is 15.3 Å². The minimum atomic E-state index is -1.53. The van der Waals surface area contributed by atoms with Crippen LogP contribution in [-0.2, 0) is 49.3 Å². The number of ketones is 2. The second-order valence-corrected chi connectivity index (χ2v) is 19.0. The van der Waals surface area contributed by atoms with Crippen LogP contribution in [0, 0.1) is 23.7 Å². The molecule has 19 nitrogen and oxygen atoms in total. The van der Waals surface area contributed by atoms with E-state index in [1.54, 1.807) is 113 Å². The van der Waals surface area contributed by atoms with Crippen molar-refractivity contribution in [1.82, 2.24) is 29.8 Å². The Morgan fingerprint density at radius 1 is 0.912 bits per heavy atom. The van der Waals surface area contributed by atoms with Crippen LogP contribution < -0.4 is 0 Å². The van der Waals surface area contributed by atoms with Gasteiger partial charge in [0.1, 0.15) is 48.4 Å². The van der Waals surface area contributed by atoms with Gasteiger partial charge in [-0.1, -0.05) is 57.2 Å². The van der Waals surface area contributed by atoms with Crippen LogP contribution in [-0.4, -0.2) is 164 Å². The van der Waals surface area contributed by atoms with Crippen LogP contribution in [0.5, 0.6) is 0 Å². The molecule has 3 fully saturated rings. The van der Waals surface area contributed by atoms with Gasteiger partial charge in [-0.3, -0.25) is 24.0 Å². The van der Waals surface area contributed by atoms with E-state index in [1.807, 2.05) is 18.2 Å². The fraction of sp³-hybridized carbons (Fsp3) is 0.633. The minimum Gasteiger partial charge on any atom is -0.459 e. The van der Waals surface area contributed by atoms with E-state index in [9.17, 15) is 34.2 Å². The molecule has 3 aliphatic rings. The number of methoxy groups -OCH3 is 1. The van der Waals surface area contributed by atoms with Crippen LogP contribution in [0.2, 0.25) is 0 Å². The van der Waals surface area contributed by atoms with Gasteiger partial charge in [-0.15, -0.1) is 5.10 Å². The van der Waals surface area contributed by atoms with Crippen LogP contribution in [0.1, 0.15) is 84.5 Å². The normalized spacial score (nSPS) is 34.0. The number of hydrogen-bond donors (Lipinski definition) is 2. The number of amides is 1. The van der Waals surface area contributed by atoms with Crippen molar-refractivity contribution in [3.8, 4) is 11.4 Å². The molecule has 1 amide bonds. The number of benzene rings is 1. The van der Waals surface area contributed by atoms with Gasteiger partial charge in [-0.2, -0.15) is 0 Å². The van der Waals surface area contributed by atoms with Gasteiger partial charge in [-0.25, -0.2) is 9.59 Å². The number of ether oxygens (including phenoxy) is 6. The number of rotatable bonds is 14. The number of aryl methyl sites for hydroxylation is 1. The summed E-state index contributed by atoms with van der Waals surface area (Å²) in [6.07, 6.45) is -3.78. The molecule has 3 aliphatic heterocycles. The summed E-state index contributed by atoms with van der Waals surface area (Å²) in [7, 11) is 4.72. The Morgan fingerprint density at radius 3 is 2.25 bits per heavy atom. The number of aromatic nitrogens is 4. The average molecular weight is 949 g/mol. The van der Waals surface area contributed by atoms with Crippen LogP contribution in [0.25, 0.3) is 11.4 Å². The molecule has 3 saturated heterocycles. The Labute approximate surface area is 397 Å². The first-order valence-electron chi connectivity index (χ1n) is 23.5. The molecule has 5 heterocycles. The minimum absolute atomic E-state index is 0.0116. The molecular formula is C49H68N6O13. The van der Waals surface area contributed by atoms with E-state index >= 15 is 0 Å². The van der Waals surface area contributed by atoms with Crippen molar-refractivity contribution in [2.24, 2.45) is 23.7 Å². The molecule has 372 valence electrons. The second kappa shape index (κ2) is 22.1. The third-order valence-electron chi connectivity index (χ3n) is 14.0. The quantitative estimate of drug-likeness (QED) is 0.100. The van der Waals surface area contributed by atoms with Crippen molar-refractivity contribution in [2.75, 3.05) is 34.4 Å². The molecule has 0 bridgehead atoms. The van der Waals surface area contributed by atoms with E-state index in [1.165, 1.54) is 14.0 Å². The highest BCUT2D eigenvalue weighted by molar-refractivity contribution is 6.00. The number of cyclic esters (lactones) is 1. The Morgan fingerprint density at radius 2 is 1.60 bits per heavy atom. The summed E-state index contributed by atoms with van der Waals surface area (Å²) < 4.78 is 38.6. The van der Waals surface area contributed by atoms with E-state index < -0.39 is 114 Å². The summed E-state index contributed by atoms with van der Waals surface area (Å²) in [6.45, 7) is 11.9. The predicted octanol–water partition coefficient (Wildman–Crippen LogP) is 4.13. The number of nitrogens with zero attached hydrogens (tertiary/aromatic N) is 6. The van der Waals surface area contributed by atoms with Gasteiger partial charge in [0.25, 0.3) is 0 Å². The van der Waals surface area contributed by atoms with Gasteiger partial charge in [0, 0.05) is 44.1 Å².